The van der Waals surface area contributed by atoms with Crippen molar-refractivity contribution in [1.82, 2.24) is 10.2 Å². The first-order valence-corrected chi connectivity index (χ1v) is 15.4. The first-order chi connectivity index (χ1) is 19.1. The number of benzene rings is 3. The minimum atomic E-state index is -3.86. The second-order valence-electron chi connectivity index (χ2n) is 10.4. The van der Waals surface area contributed by atoms with Crippen LogP contribution in [0.5, 0.6) is 0 Å². The van der Waals surface area contributed by atoms with E-state index >= 15 is 0 Å². The minimum absolute atomic E-state index is 0.0102. The fourth-order valence-corrected chi connectivity index (χ4v) is 5.97. The molecule has 4 rings (SSSR count). The second kappa shape index (κ2) is 13.1. The molecular formula is C31H36FN3O4S. The van der Waals surface area contributed by atoms with E-state index in [9.17, 15) is 22.4 Å². The molecular weight excluding hydrogens is 529 g/mol. The molecule has 0 aromatic heterocycles. The highest BCUT2D eigenvalue weighted by molar-refractivity contribution is 7.92. The molecule has 7 nitrogen and oxygen atoms in total. The molecule has 3 aromatic carbocycles. The average Bonchev–Trinajstić information content (AvgIpc) is 3.43. The molecule has 0 spiro atoms. The standard InChI is InChI=1S/C31H36FN3O4S/c1-23-11-10-17-27(19-23)35(40(2,38)39)22-30(36)34(21-25-14-6-9-18-28(25)32)29(20-24-12-4-3-5-13-24)31(37)33-26-15-7-8-16-26/h3-6,9-14,17-19,26,29H,7-8,15-16,20-22H2,1-2H3,(H,33,37). The van der Waals surface area contributed by atoms with Crippen LogP contribution in [0.4, 0.5) is 10.1 Å². The van der Waals surface area contributed by atoms with E-state index in [4.69, 9.17) is 0 Å². The van der Waals surface area contributed by atoms with Gasteiger partial charge in [-0.3, -0.25) is 13.9 Å². The van der Waals surface area contributed by atoms with E-state index in [0.29, 0.717) is 5.69 Å². The van der Waals surface area contributed by atoms with Crippen molar-refractivity contribution in [2.45, 2.75) is 57.7 Å². The molecule has 1 unspecified atom stereocenters. The van der Waals surface area contributed by atoms with Gasteiger partial charge in [-0.25, -0.2) is 12.8 Å². The lowest BCUT2D eigenvalue weighted by Gasteiger charge is -2.34. The Balaban J connectivity index is 1.73. The fraction of sp³-hybridized carbons (Fsp3) is 0.355. The number of carbonyl (C=O) groups excluding carboxylic acids is 2. The van der Waals surface area contributed by atoms with Crippen molar-refractivity contribution in [1.29, 1.82) is 0 Å². The minimum Gasteiger partial charge on any atom is -0.352 e. The highest BCUT2D eigenvalue weighted by Gasteiger charge is 2.34. The molecule has 1 N–H and O–H groups in total. The van der Waals surface area contributed by atoms with Gasteiger partial charge in [0, 0.05) is 24.6 Å². The molecule has 40 heavy (non-hydrogen) atoms. The van der Waals surface area contributed by atoms with Crippen LogP contribution in [0, 0.1) is 12.7 Å². The first-order valence-electron chi connectivity index (χ1n) is 13.5. The number of hydrogen-bond acceptors (Lipinski definition) is 4. The summed E-state index contributed by atoms with van der Waals surface area (Å²) in [7, 11) is -3.86. The normalized spacial score (nSPS) is 14.5. The van der Waals surface area contributed by atoms with Gasteiger partial charge in [0.15, 0.2) is 0 Å². The van der Waals surface area contributed by atoms with Crippen LogP contribution in [0.15, 0.2) is 78.9 Å². The Hall–Kier alpha value is -3.72. The Morgan fingerprint density at radius 1 is 0.975 bits per heavy atom. The second-order valence-corrected chi connectivity index (χ2v) is 12.3. The SMILES string of the molecule is Cc1cccc(N(CC(=O)N(Cc2ccccc2F)C(Cc2ccccc2)C(=O)NC2CCCC2)S(C)(=O)=O)c1. The van der Waals surface area contributed by atoms with E-state index in [-0.39, 0.29) is 30.5 Å². The summed E-state index contributed by atoms with van der Waals surface area (Å²) in [6, 6.07) is 21.3. The molecule has 1 atom stereocenters. The number of carbonyl (C=O) groups is 2. The number of amides is 2. The molecule has 1 saturated carbocycles. The predicted octanol–water partition coefficient (Wildman–Crippen LogP) is 4.60. The average molecular weight is 566 g/mol. The summed E-state index contributed by atoms with van der Waals surface area (Å²) < 4.78 is 41.6. The quantitative estimate of drug-likeness (QED) is 0.368. The van der Waals surface area contributed by atoms with Crippen LogP contribution in [0.3, 0.4) is 0 Å². The van der Waals surface area contributed by atoms with E-state index in [1.165, 1.54) is 11.0 Å². The Morgan fingerprint density at radius 2 is 1.65 bits per heavy atom. The third-order valence-electron chi connectivity index (χ3n) is 7.24. The molecule has 0 radical (unpaired) electrons. The Labute approximate surface area is 236 Å². The van der Waals surface area contributed by atoms with Crippen LogP contribution in [-0.4, -0.2) is 50.0 Å². The van der Waals surface area contributed by atoms with Gasteiger partial charge in [-0.05, 0) is 49.1 Å². The number of hydrogen-bond donors (Lipinski definition) is 1. The molecule has 212 valence electrons. The van der Waals surface area contributed by atoms with Gasteiger partial charge in [-0.1, -0.05) is 73.5 Å². The largest absolute Gasteiger partial charge is 0.352 e. The third-order valence-corrected chi connectivity index (χ3v) is 8.38. The Morgan fingerprint density at radius 3 is 2.30 bits per heavy atom. The molecule has 1 fully saturated rings. The van der Waals surface area contributed by atoms with Crippen LogP contribution < -0.4 is 9.62 Å². The van der Waals surface area contributed by atoms with E-state index in [0.717, 1.165) is 47.4 Å². The van der Waals surface area contributed by atoms with Crippen LogP contribution in [0.2, 0.25) is 0 Å². The summed E-state index contributed by atoms with van der Waals surface area (Å²) >= 11 is 0. The van der Waals surface area contributed by atoms with E-state index in [1.54, 1.807) is 36.4 Å². The maximum atomic E-state index is 14.8. The van der Waals surface area contributed by atoms with Crippen LogP contribution in [-0.2, 0) is 32.6 Å². The van der Waals surface area contributed by atoms with Crippen LogP contribution >= 0.6 is 0 Å². The van der Waals surface area contributed by atoms with Gasteiger partial charge in [-0.15, -0.1) is 0 Å². The van der Waals surface area contributed by atoms with Gasteiger partial charge in [-0.2, -0.15) is 0 Å². The maximum Gasteiger partial charge on any atom is 0.244 e. The molecule has 1 aliphatic rings. The van der Waals surface area contributed by atoms with Crippen LogP contribution in [0.1, 0.15) is 42.4 Å². The maximum absolute atomic E-state index is 14.8. The highest BCUT2D eigenvalue weighted by atomic mass is 32.2. The van der Waals surface area contributed by atoms with Gasteiger partial charge in [0.05, 0.1) is 11.9 Å². The summed E-state index contributed by atoms with van der Waals surface area (Å²) in [4.78, 5) is 29.2. The summed E-state index contributed by atoms with van der Waals surface area (Å²) in [5.74, 6) is -1.44. The Bertz CT molecular complexity index is 1430. The van der Waals surface area contributed by atoms with E-state index in [2.05, 4.69) is 5.32 Å². The van der Waals surface area contributed by atoms with Gasteiger partial charge in [0.25, 0.3) is 0 Å². The highest BCUT2D eigenvalue weighted by Crippen LogP contribution is 2.23. The number of nitrogens with one attached hydrogen (secondary N) is 1. The zero-order valence-corrected chi connectivity index (χ0v) is 23.7. The molecule has 2 amide bonds. The van der Waals surface area contributed by atoms with Gasteiger partial charge < -0.3 is 10.2 Å². The zero-order valence-electron chi connectivity index (χ0n) is 22.9. The number of sulfonamides is 1. The fourth-order valence-electron chi connectivity index (χ4n) is 5.13. The van der Waals surface area contributed by atoms with Gasteiger partial charge in [0.2, 0.25) is 21.8 Å². The van der Waals surface area contributed by atoms with Crippen molar-refractivity contribution in [2.75, 3.05) is 17.1 Å². The van der Waals surface area contributed by atoms with Crippen molar-refractivity contribution in [3.63, 3.8) is 0 Å². The predicted molar refractivity (Wildman–Crippen MR) is 155 cm³/mol. The molecule has 0 heterocycles. The molecule has 0 saturated heterocycles. The number of nitrogens with zero attached hydrogens (tertiary/aromatic N) is 2. The molecule has 9 heteroatoms. The summed E-state index contributed by atoms with van der Waals surface area (Å²) in [5, 5.41) is 3.10. The van der Waals surface area contributed by atoms with Crippen molar-refractivity contribution in [2.24, 2.45) is 0 Å². The molecule has 0 bridgehead atoms. The number of aryl methyl sites for hydroxylation is 1. The topological polar surface area (TPSA) is 86.8 Å². The Kier molecular flexibility index (Phi) is 9.58. The molecule has 3 aromatic rings. The monoisotopic (exact) mass is 565 g/mol. The zero-order chi connectivity index (χ0) is 28.7. The lowest BCUT2D eigenvalue weighted by atomic mass is 10.0. The number of rotatable bonds is 11. The van der Waals surface area contributed by atoms with E-state index in [1.807, 2.05) is 43.3 Å². The summed E-state index contributed by atoms with van der Waals surface area (Å²) in [6.07, 6.45) is 5.00. The number of anilines is 1. The first kappa shape index (κ1) is 29.3. The summed E-state index contributed by atoms with van der Waals surface area (Å²) in [5.41, 5.74) is 2.25. The van der Waals surface area contributed by atoms with Gasteiger partial charge >= 0.3 is 0 Å². The smallest absolute Gasteiger partial charge is 0.244 e. The third kappa shape index (κ3) is 7.69. The lowest BCUT2D eigenvalue weighted by Crippen LogP contribution is -2.54. The summed E-state index contributed by atoms with van der Waals surface area (Å²) in [6.45, 7) is 1.12. The van der Waals surface area contributed by atoms with E-state index < -0.39 is 34.3 Å². The molecule has 0 aliphatic heterocycles. The van der Waals surface area contributed by atoms with Crippen molar-refractivity contribution >= 4 is 27.5 Å². The van der Waals surface area contributed by atoms with Crippen LogP contribution in [0.25, 0.3) is 0 Å². The van der Waals surface area contributed by atoms with Gasteiger partial charge in [0.1, 0.15) is 18.4 Å². The molecule has 1 aliphatic carbocycles. The lowest BCUT2D eigenvalue weighted by molar-refractivity contribution is -0.140. The van der Waals surface area contributed by atoms with Crippen molar-refractivity contribution in [3.8, 4) is 0 Å². The van der Waals surface area contributed by atoms with Crippen molar-refractivity contribution in [3.05, 3.63) is 101 Å². The van der Waals surface area contributed by atoms with Crippen molar-refractivity contribution < 1.29 is 22.4 Å². The number of halogens is 1.